The molecule has 0 radical (unpaired) electrons. The van der Waals surface area contributed by atoms with Crippen LogP contribution in [0.15, 0.2) is 12.4 Å². The van der Waals surface area contributed by atoms with E-state index in [2.05, 4.69) is 33.6 Å². The number of methoxy groups -OCH3 is 1. The van der Waals surface area contributed by atoms with Crippen LogP contribution in [0, 0.1) is 5.41 Å². The summed E-state index contributed by atoms with van der Waals surface area (Å²) < 4.78 is 5.07. The second-order valence-corrected chi connectivity index (χ2v) is 7.88. The van der Waals surface area contributed by atoms with Gasteiger partial charge in [0.1, 0.15) is 6.61 Å². The van der Waals surface area contributed by atoms with E-state index in [0.717, 1.165) is 63.6 Å². The Kier molecular flexibility index (Phi) is 6.65. The van der Waals surface area contributed by atoms with Crippen LogP contribution >= 0.6 is 0 Å². The molecule has 1 spiro atoms. The molecule has 2 aliphatic rings. The number of carbonyl (C=O) groups is 1. The highest BCUT2D eigenvalue weighted by atomic mass is 16.5. The first kappa shape index (κ1) is 20.0. The third-order valence-electron chi connectivity index (χ3n) is 5.92. The van der Waals surface area contributed by atoms with E-state index in [-0.39, 0.29) is 11.4 Å². The second kappa shape index (κ2) is 8.97. The van der Waals surface area contributed by atoms with E-state index >= 15 is 0 Å². The highest BCUT2D eigenvalue weighted by Gasteiger charge is 2.43. The van der Waals surface area contributed by atoms with E-state index in [9.17, 15) is 4.79 Å². The van der Waals surface area contributed by atoms with Gasteiger partial charge in [0.05, 0.1) is 0 Å². The van der Waals surface area contributed by atoms with Crippen LogP contribution < -0.4 is 0 Å². The molecule has 0 bridgehead atoms. The first-order chi connectivity index (χ1) is 13.1. The number of aromatic nitrogens is 2. The summed E-state index contributed by atoms with van der Waals surface area (Å²) in [4.78, 5) is 28.0. The van der Waals surface area contributed by atoms with Crippen LogP contribution in [0.5, 0.6) is 0 Å². The van der Waals surface area contributed by atoms with Gasteiger partial charge in [0.25, 0.3) is 0 Å². The van der Waals surface area contributed by atoms with Crippen LogP contribution in [0.25, 0.3) is 0 Å². The quantitative estimate of drug-likeness (QED) is 0.764. The molecule has 27 heavy (non-hydrogen) atoms. The van der Waals surface area contributed by atoms with E-state index in [1.165, 1.54) is 12.8 Å². The van der Waals surface area contributed by atoms with Crippen molar-refractivity contribution in [3.63, 3.8) is 0 Å². The van der Waals surface area contributed by atoms with Gasteiger partial charge in [0, 0.05) is 69.8 Å². The van der Waals surface area contributed by atoms with Gasteiger partial charge in [-0.15, -0.1) is 0 Å². The predicted molar refractivity (Wildman–Crippen MR) is 104 cm³/mol. The van der Waals surface area contributed by atoms with Gasteiger partial charge in [-0.3, -0.25) is 4.90 Å². The number of nitrogens with zero attached hydrogens (tertiary/aromatic N) is 5. The minimum Gasteiger partial charge on any atom is -0.377 e. The van der Waals surface area contributed by atoms with E-state index in [1.807, 2.05) is 17.3 Å². The predicted octanol–water partition coefficient (Wildman–Crippen LogP) is 2.37. The largest absolute Gasteiger partial charge is 0.377 e. The third kappa shape index (κ3) is 4.76. The fourth-order valence-corrected chi connectivity index (χ4v) is 4.50. The van der Waals surface area contributed by atoms with Crippen molar-refractivity contribution in [1.82, 2.24) is 24.7 Å². The lowest BCUT2D eigenvalue weighted by atomic mass is 9.79. The first-order valence-corrected chi connectivity index (χ1v) is 10.1. The average molecular weight is 376 g/mol. The van der Waals surface area contributed by atoms with Gasteiger partial charge in [0.15, 0.2) is 5.82 Å². The molecular weight excluding hydrogens is 342 g/mol. The van der Waals surface area contributed by atoms with Crippen molar-refractivity contribution in [1.29, 1.82) is 0 Å². The molecule has 7 heteroatoms. The van der Waals surface area contributed by atoms with Crippen molar-refractivity contribution in [3.8, 4) is 0 Å². The fraction of sp³-hybridized carbons (Fsp3) is 0.750. The Morgan fingerprint density at radius 2 is 1.93 bits per heavy atom. The summed E-state index contributed by atoms with van der Waals surface area (Å²) >= 11 is 0. The van der Waals surface area contributed by atoms with Gasteiger partial charge in [-0.1, -0.05) is 0 Å². The van der Waals surface area contributed by atoms with Crippen LogP contribution in [0.1, 0.15) is 44.5 Å². The van der Waals surface area contributed by atoms with Crippen molar-refractivity contribution in [3.05, 3.63) is 23.8 Å². The summed E-state index contributed by atoms with van der Waals surface area (Å²) in [6, 6.07) is 0.205. The summed E-state index contributed by atoms with van der Waals surface area (Å²) in [6.45, 7) is 10.9. The molecule has 2 aliphatic heterocycles. The second-order valence-electron chi connectivity index (χ2n) is 7.88. The van der Waals surface area contributed by atoms with Crippen LogP contribution in [-0.4, -0.2) is 77.1 Å². The Labute approximate surface area is 162 Å². The molecule has 0 aromatic carbocycles. The lowest BCUT2D eigenvalue weighted by Crippen LogP contribution is -2.47. The zero-order chi connectivity index (χ0) is 19.3. The average Bonchev–Trinajstić information content (AvgIpc) is 3.07. The molecule has 7 nitrogen and oxygen atoms in total. The Hall–Kier alpha value is -1.73. The first-order valence-electron chi connectivity index (χ1n) is 10.1. The zero-order valence-corrected chi connectivity index (χ0v) is 17.0. The Bertz CT molecular complexity index is 619. The molecule has 3 heterocycles. The molecule has 1 atom stereocenters. The molecule has 3 rings (SSSR count). The molecule has 0 aliphatic carbocycles. The Morgan fingerprint density at radius 1 is 1.19 bits per heavy atom. The van der Waals surface area contributed by atoms with E-state index in [4.69, 9.17) is 4.74 Å². The SMILES string of the molecule is CCN(CC)C(=O)N1CCC2(CCCN(Cc3cnc(COC)nc3)C2)C1. The van der Waals surface area contributed by atoms with Crippen molar-refractivity contribution in [2.75, 3.05) is 46.4 Å². The lowest BCUT2D eigenvalue weighted by Gasteiger charge is -2.40. The summed E-state index contributed by atoms with van der Waals surface area (Å²) in [5.74, 6) is 0.720. The van der Waals surface area contributed by atoms with Crippen LogP contribution in [-0.2, 0) is 17.9 Å². The number of hydrogen-bond donors (Lipinski definition) is 0. The number of amides is 2. The molecule has 1 aromatic heterocycles. The van der Waals surface area contributed by atoms with Crippen LogP contribution in [0.2, 0.25) is 0 Å². The maximum Gasteiger partial charge on any atom is 0.319 e. The molecule has 2 amide bonds. The number of urea groups is 1. The van der Waals surface area contributed by atoms with Crippen LogP contribution in [0.3, 0.4) is 0 Å². The zero-order valence-electron chi connectivity index (χ0n) is 17.0. The summed E-state index contributed by atoms with van der Waals surface area (Å²) in [5.41, 5.74) is 1.39. The maximum atomic E-state index is 12.7. The van der Waals surface area contributed by atoms with Gasteiger partial charge >= 0.3 is 6.03 Å². The van der Waals surface area contributed by atoms with Crippen molar-refractivity contribution in [2.24, 2.45) is 5.41 Å². The normalized spacial score (nSPS) is 23.1. The molecule has 0 saturated carbocycles. The van der Waals surface area contributed by atoms with Gasteiger partial charge < -0.3 is 14.5 Å². The number of likely N-dealkylation sites (tertiary alicyclic amines) is 2. The standard InChI is InChI=1S/C20H33N5O2/c1-4-24(5-2)19(26)25-10-8-20(16-25)7-6-9-23(15-20)13-17-11-21-18(14-27-3)22-12-17/h11-12H,4-10,13-16H2,1-3H3. The lowest BCUT2D eigenvalue weighted by molar-refractivity contribution is 0.0867. The molecular formula is C20H33N5O2. The minimum absolute atomic E-state index is 0.205. The van der Waals surface area contributed by atoms with Gasteiger partial charge in [-0.05, 0) is 39.7 Å². The summed E-state index contributed by atoms with van der Waals surface area (Å²) in [7, 11) is 1.65. The summed E-state index contributed by atoms with van der Waals surface area (Å²) in [6.07, 6.45) is 7.34. The molecule has 2 saturated heterocycles. The van der Waals surface area contributed by atoms with Gasteiger partial charge in [-0.2, -0.15) is 0 Å². The smallest absolute Gasteiger partial charge is 0.319 e. The highest BCUT2D eigenvalue weighted by molar-refractivity contribution is 5.74. The minimum atomic E-state index is 0.205. The van der Waals surface area contributed by atoms with Crippen LogP contribution in [0.4, 0.5) is 4.79 Å². The van der Waals surface area contributed by atoms with Crippen molar-refractivity contribution < 1.29 is 9.53 Å². The fourth-order valence-electron chi connectivity index (χ4n) is 4.50. The van der Waals surface area contributed by atoms with Crippen molar-refractivity contribution >= 4 is 6.03 Å². The molecule has 150 valence electrons. The number of hydrogen-bond acceptors (Lipinski definition) is 5. The maximum absolute atomic E-state index is 12.7. The number of piperidine rings is 1. The van der Waals surface area contributed by atoms with Gasteiger partial charge in [0.2, 0.25) is 0 Å². The number of rotatable bonds is 6. The van der Waals surface area contributed by atoms with Gasteiger partial charge in [-0.25, -0.2) is 14.8 Å². The Morgan fingerprint density at radius 3 is 2.59 bits per heavy atom. The third-order valence-corrected chi connectivity index (χ3v) is 5.92. The number of ether oxygens (including phenoxy) is 1. The molecule has 2 fully saturated rings. The molecule has 0 N–H and O–H groups in total. The van der Waals surface area contributed by atoms with E-state index < -0.39 is 0 Å². The molecule has 1 aromatic rings. The Balaban J connectivity index is 1.58. The molecule has 1 unspecified atom stereocenters. The van der Waals surface area contributed by atoms with E-state index in [0.29, 0.717) is 6.61 Å². The van der Waals surface area contributed by atoms with E-state index in [1.54, 1.807) is 7.11 Å². The summed E-state index contributed by atoms with van der Waals surface area (Å²) in [5, 5.41) is 0. The highest BCUT2D eigenvalue weighted by Crippen LogP contribution is 2.39. The number of carbonyl (C=O) groups excluding carboxylic acids is 1. The monoisotopic (exact) mass is 375 g/mol. The van der Waals surface area contributed by atoms with Crippen molar-refractivity contribution in [2.45, 2.75) is 46.3 Å². The topological polar surface area (TPSA) is 61.8 Å².